The lowest BCUT2D eigenvalue weighted by atomic mass is 10.1. The summed E-state index contributed by atoms with van der Waals surface area (Å²) in [5.41, 5.74) is 3.24. The Balaban J connectivity index is 1.12. The molecule has 1 amide bonds. The van der Waals surface area contributed by atoms with Crippen LogP contribution in [0.25, 0.3) is 11.0 Å². The van der Waals surface area contributed by atoms with E-state index in [-0.39, 0.29) is 12.0 Å². The topological polar surface area (TPSA) is 50.6 Å². The number of hydrogen-bond donors (Lipinski definition) is 0. The zero-order chi connectivity index (χ0) is 21.8. The van der Waals surface area contributed by atoms with E-state index in [0.717, 1.165) is 62.3 Å². The molecule has 2 aliphatic heterocycles. The lowest BCUT2D eigenvalue weighted by Gasteiger charge is -2.32. The zero-order valence-corrected chi connectivity index (χ0v) is 19.2. The Kier molecular flexibility index (Phi) is 6.64. The molecular weight excluding hydrogens is 420 g/mol. The van der Waals surface area contributed by atoms with Crippen molar-refractivity contribution >= 4 is 28.7 Å². The van der Waals surface area contributed by atoms with Gasteiger partial charge in [-0.15, -0.1) is 0 Å². The van der Waals surface area contributed by atoms with E-state index in [1.165, 1.54) is 17.1 Å². The normalized spacial score (nSPS) is 18.2. The van der Waals surface area contributed by atoms with Crippen molar-refractivity contribution in [2.75, 3.05) is 37.7 Å². The molecule has 3 aromatic rings. The number of ether oxygens (including phenoxy) is 1. The molecular formula is C25H30N4O2S. The van der Waals surface area contributed by atoms with Gasteiger partial charge < -0.3 is 14.2 Å². The quantitative estimate of drug-likeness (QED) is 0.574. The number of carbonyl (C=O) groups is 1. The molecule has 0 atom stereocenters. The van der Waals surface area contributed by atoms with E-state index in [2.05, 4.69) is 34.1 Å². The largest absolute Gasteiger partial charge is 0.490 e. The van der Waals surface area contributed by atoms with E-state index < -0.39 is 0 Å². The zero-order valence-electron chi connectivity index (χ0n) is 18.4. The van der Waals surface area contributed by atoms with E-state index in [1.807, 2.05) is 45.5 Å². The predicted octanol–water partition coefficient (Wildman–Crippen LogP) is 3.66. The lowest BCUT2D eigenvalue weighted by Crippen LogP contribution is -2.43. The molecule has 3 heterocycles. The van der Waals surface area contributed by atoms with Crippen molar-refractivity contribution in [1.29, 1.82) is 0 Å². The van der Waals surface area contributed by atoms with Gasteiger partial charge in [0.1, 0.15) is 18.4 Å². The predicted molar refractivity (Wildman–Crippen MR) is 129 cm³/mol. The number of piperidine rings is 1. The number of carbonyl (C=O) groups excluding carboxylic acids is 1. The van der Waals surface area contributed by atoms with Crippen molar-refractivity contribution < 1.29 is 9.53 Å². The van der Waals surface area contributed by atoms with Crippen molar-refractivity contribution in [2.24, 2.45) is 0 Å². The molecule has 2 aromatic carbocycles. The number of fused-ring (bicyclic) bond motifs is 1. The van der Waals surface area contributed by atoms with Crippen LogP contribution in [0.5, 0.6) is 5.75 Å². The van der Waals surface area contributed by atoms with Crippen molar-refractivity contribution in [2.45, 2.75) is 32.0 Å². The Morgan fingerprint density at radius 1 is 1.03 bits per heavy atom. The summed E-state index contributed by atoms with van der Waals surface area (Å²) < 4.78 is 8.24. The molecule has 0 saturated carbocycles. The summed E-state index contributed by atoms with van der Waals surface area (Å²) in [4.78, 5) is 21.7. The molecule has 168 valence electrons. The van der Waals surface area contributed by atoms with Gasteiger partial charge in [0.2, 0.25) is 5.91 Å². The van der Waals surface area contributed by atoms with Crippen LogP contribution in [0.4, 0.5) is 0 Å². The molecule has 0 aliphatic carbocycles. The van der Waals surface area contributed by atoms with E-state index in [0.29, 0.717) is 6.54 Å². The summed E-state index contributed by atoms with van der Waals surface area (Å²) in [7, 11) is 0. The van der Waals surface area contributed by atoms with Gasteiger partial charge >= 0.3 is 0 Å². The first-order valence-corrected chi connectivity index (χ1v) is 12.6. The van der Waals surface area contributed by atoms with Gasteiger partial charge in [0.25, 0.3) is 0 Å². The van der Waals surface area contributed by atoms with E-state index in [4.69, 9.17) is 4.74 Å². The molecule has 6 nitrogen and oxygen atoms in total. The molecule has 0 N–H and O–H groups in total. The summed E-state index contributed by atoms with van der Waals surface area (Å²) >= 11 is 2.04. The van der Waals surface area contributed by atoms with Gasteiger partial charge in [-0.3, -0.25) is 9.69 Å². The van der Waals surface area contributed by atoms with Gasteiger partial charge in [0.15, 0.2) is 0 Å². The minimum Gasteiger partial charge on any atom is -0.490 e. The van der Waals surface area contributed by atoms with E-state index >= 15 is 0 Å². The summed E-state index contributed by atoms with van der Waals surface area (Å²) in [6.45, 7) is 5.13. The Morgan fingerprint density at radius 2 is 1.84 bits per heavy atom. The first-order valence-electron chi connectivity index (χ1n) is 11.5. The second-order valence-electron chi connectivity index (χ2n) is 8.60. The second-order valence-corrected chi connectivity index (χ2v) is 9.82. The van der Waals surface area contributed by atoms with Gasteiger partial charge in [-0.1, -0.05) is 24.3 Å². The highest BCUT2D eigenvalue weighted by Crippen LogP contribution is 2.22. The number of amides is 1. The Bertz CT molecular complexity index is 1050. The van der Waals surface area contributed by atoms with Crippen LogP contribution in [0, 0.1) is 0 Å². The molecule has 2 saturated heterocycles. The van der Waals surface area contributed by atoms with Crippen LogP contribution in [0.15, 0.2) is 54.9 Å². The van der Waals surface area contributed by atoms with Gasteiger partial charge in [-0.25, -0.2) is 4.98 Å². The van der Waals surface area contributed by atoms with Crippen molar-refractivity contribution in [3.63, 3.8) is 0 Å². The molecule has 1 aromatic heterocycles. The number of thioether (sulfide) groups is 1. The van der Waals surface area contributed by atoms with Crippen molar-refractivity contribution in [3.8, 4) is 5.75 Å². The number of hydrogen-bond acceptors (Lipinski definition) is 5. The molecule has 0 spiro atoms. The van der Waals surface area contributed by atoms with Crippen LogP contribution >= 0.6 is 11.8 Å². The second kappa shape index (κ2) is 9.96. The van der Waals surface area contributed by atoms with Crippen LogP contribution in [-0.4, -0.2) is 69.0 Å². The number of likely N-dealkylation sites (tertiary alicyclic amines) is 1. The van der Waals surface area contributed by atoms with Gasteiger partial charge in [0.05, 0.1) is 17.4 Å². The third-order valence-corrected chi connectivity index (χ3v) is 7.28. The third kappa shape index (κ3) is 5.10. The molecule has 2 aliphatic rings. The fourth-order valence-electron chi connectivity index (χ4n) is 4.53. The number of aromatic nitrogens is 2. The summed E-state index contributed by atoms with van der Waals surface area (Å²) in [6.07, 6.45) is 3.65. The number of para-hydroxylation sites is 2. The molecule has 0 unspecified atom stereocenters. The van der Waals surface area contributed by atoms with Gasteiger partial charge in [0, 0.05) is 57.1 Å². The summed E-state index contributed by atoms with van der Waals surface area (Å²) in [5, 5.41) is 0. The minimum atomic E-state index is 0.147. The van der Waals surface area contributed by atoms with Crippen molar-refractivity contribution in [1.82, 2.24) is 19.4 Å². The number of benzene rings is 2. The molecule has 0 radical (unpaired) electrons. The lowest BCUT2D eigenvalue weighted by molar-refractivity contribution is -0.133. The summed E-state index contributed by atoms with van der Waals surface area (Å²) in [5.74, 6) is 3.55. The first kappa shape index (κ1) is 21.3. The highest BCUT2D eigenvalue weighted by molar-refractivity contribution is 7.99. The van der Waals surface area contributed by atoms with Crippen LogP contribution in [0.3, 0.4) is 0 Å². The average Bonchev–Trinajstić information content (AvgIpc) is 3.23. The van der Waals surface area contributed by atoms with Gasteiger partial charge in [-0.05, 0) is 29.8 Å². The molecule has 2 fully saturated rings. The minimum absolute atomic E-state index is 0.147. The van der Waals surface area contributed by atoms with Crippen LogP contribution in [0.1, 0.15) is 18.4 Å². The fraction of sp³-hybridized carbons (Fsp3) is 0.440. The Hall–Kier alpha value is -2.51. The number of imidazole rings is 1. The number of rotatable bonds is 6. The van der Waals surface area contributed by atoms with Crippen LogP contribution in [0.2, 0.25) is 0 Å². The fourth-order valence-corrected chi connectivity index (χ4v) is 5.51. The Labute approximate surface area is 193 Å². The Morgan fingerprint density at radius 3 is 2.69 bits per heavy atom. The van der Waals surface area contributed by atoms with Crippen LogP contribution < -0.4 is 4.74 Å². The van der Waals surface area contributed by atoms with E-state index in [1.54, 1.807) is 6.33 Å². The molecule has 5 rings (SSSR count). The van der Waals surface area contributed by atoms with Crippen molar-refractivity contribution in [3.05, 3.63) is 60.4 Å². The monoisotopic (exact) mass is 450 g/mol. The maximum Gasteiger partial charge on any atom is 0.242 e. The smallest absolute Gasteiger partial charge is 0.242 e. The van der Waals surface area contributed by atoms with Crippen LogP contribution in [-0.2, 0) is 17.9 Å². The maximum absolute atomic E-state index is 12.8. The standard InChI is InChI=1S/C25H30N4O2S/c30-25(18-29-19-26-23-6-1-2-7-24(23)29)28-10-8-21(9-11-28)31-22-5-3-4-20(16-22)17-27-12-14-32-15-13-27/h1-7,16,19,21H,8-15,17-18H2. The highest BCUT2D eigenvalue weighted by Gasteiger charge is 2.24. The molecule has 0 bridgehead atoms. The summed E-state index contributed by atoms with van der Waals surface area (Å²) in [6, 6.07) is 16.4. The maximum atomic E-state index is 12.8. The molecule has 32 heavy (non-hydrogen) atoms. The van der Waals surface area contributed by atoms with E-state index in [9.17, 15) is 4.79 Å². The SMILES string of the molecule is O=C(Cn1cnc2ccccc21)N1CCC(Oc2cccc(CN3CCSCC3)c2)CC1. The molecule has 7 heteroatoms. The average molecular weight is 451 g/mol. The van der Waals surface area contributed by atoms with Gasteiger partial charge in [-0.2, -0.15) is 11.8 Å². The first-order chi connectivity index (χ1) is 15.7. The number of nitrogens with zero attached hydrogens (tertiary/aromatic N) is 4. The third-order valence-electron chi connectivity index (χ3n) is 6.34. The highest BCUT2D eigenvalue weighted by atomic mass is 32.2.